The molecule has 6 aliphatic rings. The Morgan fingerprint density at radius 1 is 0.436 bits per heavy atom. The second-order valence-electron chi connectivity index (χ2n) is 21.7. The number of benzene rings is 1. The van der Waals surface area contributed by atoms with Crippen LogP contribution in [-0.2, 0) is 106 Å². The first-order valence-electron chi connectivity index (χ1n) is 29.1. The normalized spacial score (nSPS) is 34.7. The summed E-state index contributed by atoms with van der Waals surface area (Å²) in [4.78, 5) is 82.0. The smallest absolute Gasteiger partial charge is 0.337 e. The van der Waals surface area contributed by atoms with E-state index in [9.17, 15) is 100 Å². The Kier molecular flexibility index (Phi) is 27.3. The van der Waals surface area contributed by atoms with Gasteiger partial charge in [0.15, 0.2) is 18.9 Å². The van der Waals surface area contributed by atoms with Crippen LogP contribution in [0.1, 0.15) is 24.8 Å². The minimum absolute atomic E-state index is 0.00925. The van der Waals surface area contributed by atoms with E-state index in [2.05, 4.69) is 0 Å². The van der Waals surface area contributed by atoms with Crippen molar-refractivity contribution in [3.63, 3.8) is 0 Å². The Balaban J connectivity index is 1.18. The number of hydrogen-bond acceptors (Lipinski definition) is 35. The van der Waals surface area contributed by atoms with Gasteiger partial charge in [-0.1, -0.05) is 18.2 Å². The number of aromatic hydroxyl groups is 1. The second kappa shape index (κ2) is 34.5. The highest BCUT2D eigenvalue weighted by Gasteiger charge is 2.51. The molecule has 3 saturated heterocycles. The van der Waals surface area contributed by atoms with Crippen molar-refractivity contribution < 1.29 is 171 Å². The molecule has 35 heteroatoms. The van der Waals surface area contributed by atoms with Gasteiger partial charge >= 0.3 is 35.8 Å². The molecule has 1 aromatic carbocycles. The Morgan fingerprint density at radius 3 is 1.06 bits per heavy atom. The van der Waals surface area contributed by atoms with Crippen LogP contribution in [0, 0.1) is 17.8 Å². The standard InChI is InChI=1S/C59H76O35/c1-80-51(77)33-22-86-54(92-57-48(74)45(71)42(68)36(19-61)89-57)27(8-12-60)30(33)16-40(66)84-14-10-29-32(35(53(79)82-3)24-88-56(29)94-59-50(76)47(73)44(70)38(21-63)91-59)18-41(67)85-15-11-28-31(17-39(65)83-13-9-25-4-6-26(64)7-5-25)34(52(78)81-2)23-87-55(28)93-58-49(75)46(72)43(69)37(20-62)90-58/h4-8,10-11,22-24,30-32,36-38,42-50,54-64,68-76H,9,12-21H2,1-3H3/b27-8-,28-11-,29-10+/t30-,31-,32-,36+,37+,38+,42+,43+,44+,45-,46-,47-,48+,49+,50+,54-,55-,56-,57-,58-,59-/m0/s1. The molecule has 14 N–H and O–H groups in total. The number of carbonyl (C=O) groups excluding carboxylic acids is 6. The summed E-state index contributed by atoms with van der Waals surface area (Å²) in [5, 5.41) is 145. The fourth-order valence-corrected chi connectivity index (χ4v) is 10.7. The van der Waals surface area contributed by atoms with Crippen LogP contribution in [0.5, 0.6) is 5.75 Å². The molecule has 0 saturated carbocycles. The Hall–Kier alpha value is -7.08. The van der Waals surface area contributed by atoms with Crippen molar-refractivity contribution >= 4 is 35.8 Å². The number of ether oxygens (including phenoxy) is 15. The topological polar surface area (TPSA) is 524 Å². The van der Waals surface area contributed by atoms with E-state index < -0.39 is 229 Å². The lowest BCUT2D eigenvalue weighted by Crippen LogP contribution is -2.60. The molecule has 1 aromatic rings. The van der Waals surface area contributed by atoms with Crippen LogP contribution < -0.4 is 0 Å². The minimum atomic E-state index is -2.07. The first-order valence-corrected chi connectivity index (χ1v) is 29.1. The lowest BCUT2D eigenvalue weighted by molar-refractivity contribution is -0.328. The summed E-state index contributed by atoms with van der Waals surface area (Å²) >= 11 is 0. The molecule has 0 aliphatic carbocycles. The first kappa shape index (κ1) is 74.3. The number of rotatable bonds is 26. The monoisotopic (exact) mass is 1340 g/mol. The predicted octanol–water partition coefficient (Wildman–Crippen LogP) is -5.96. The van der Waals surface area contributed by atoms with Crippen LogP contribution in [0.4, 0.5) is 0 Å². The highest BCUT2D eigenvalue weighted by atomic mass is 16.8. The maximum Gasteiger partial charge on any atom is 0.337 e. The average Bonchev–Trinajstić information content (AvgIpc) is 0.807. The SMILES string of the molecule is COC(=O)C1=CO[C@@H](O[C@@H]2O[C@H](CO)[C@@H](O)[C@H](O)[C@H]2O)/C(=C\CO)[C@@H]1CC(=O)OC/C=C1/[C@H](O[C@@H]2O[C@H](CO)[C@@H](O)[C@H](O)[C@H]2O)OC=C(C(=O)OC)[C@H]1CC(=O)OC/C=C1\[C@H](O[C@@H]2O[C@H](CO)[C@@H](O)[C@H](O)[C@H]2O)OC=C(C(=O)OC)[C@H]1CC(=O)OCCc1ccc(O)cc1. The van der Waals surface area contributed by atoms with Gasteiger partial charge in [-0.15, -0.1) is 0 Å². The van der Waals surface area contributed by atoms with Crippen molar-refractivity contribution in [2.45, 2.75) is 137 Å². The molecule has 522 valence electrons. The molecule has 35 nitrogen and oxygen atoms in total. The van der Waals surface area contributed by atoms with Crippen molar-refractivity contribution in [2.75, 3.05) is 67.6 Å². The predicted molar refractivity (Wildman–Crippen MR) is 300 cm³/mol. The molecule has 0 aromatic heterocycles. The number of hydrogen-bond donors (Lipinski definition) is 14. The zero-order valence-corrected chi connectivity index (χ0v) is 50.5. The number of phenolic OH excluding ortho intramolecular Hbond substituents is 1. The van der Waals surface area contributed by atoms with E-state index in [0.717, 1.165) is 58.3 Å². The number of aliphatic hydroxyl groups is 13. The largest absolute Gasteiger partial charge is 0.508 e. The van der Waals surface area contributed by atoms with E-state index >= 15 is 0 Å². The molecule has 6 heterocycles. The van der Waals surface area contributed by atoms with Crippen LogP contribution >= 0.6 is 0 Å². The van der Waals surface area contributed by atoms with E-state index in [0.29, 0.717) is 5.56 Å². The van der Waals surface area contributed by atoms with E-state index in [-0.39, 0.29) is 46.6 Å². The zero-order valence-electron chi connectivity index (χ0n) is 50.5. The minimum Gasteiger partial charge on any atom is -0.508 e. The van der Waals surface area contributed by atoms with E-state index in [1.165, 1.54) is 12.1 Å². The van der Waals surface area contributed by atoms with Crippen molar-refractivity contribution in [2.24, 2.45) is 17.8 Å². The van der Waals surface area contributed by atoms with Gasteiger partial charge in [0.25, 0.3) is 0 Å². The number of methoxy groups -OCH3 is 3. The third-order valence-electron chi connectivity index (χ3n) is 15.8. The van der Waals surface area contributed by atoms with E-state index in [1.807, 2.05) is 0 Å². The maximum absolute atomic E-state index is 14.3. The Bertz CT molecular complexity index is 2950. The van der Waals surface area contributed by atoms with Crippen molar-refractivity contribution in [3.8, 4) is 5.75 Å². The van der Waals surface area contributed by atoms with Crippen molar-refractivity contribution in [1.29, 1.82) is 0 Å². The van der Waals surface area contributed by atoms with E-state index in [4.69, 9.17) is 71.1 Å². The van der Waals surface area contributed by atoms with Gasteiger partial charge in [-0.2, -0.15) is 0 Å². The van der Waals surface area contributed by atoms with Gasteiger partial charge in [-0.25, -0.2) is 14.4 Å². The summed E-state index contributed by atoms with van der Waals surface area (Å²) in [6.07, 6.45) is -29.4. The van der Waals surface area contributed by atoms with Gasteiger partial charge in [0.05, 0.1) is 109 Å². The molecule has 6 aliphatic heterocycles. The molecular weight excluding hydrogens is 1270 g/mol. The van der Waals surface area contributed by atoms with Crippen LogP contribution in [0.25, 0.3) is 0 Å². The lowest BCUT2D eigenvalue weighted by Gasteiger charge is -2.42. The highest BCUT2D eigenvalue weighted by Crippen LogP contribution is 2.40. The summed E-state index contributed by atoms with van der Waals surface area (Å²) in [5.74, 6) is -10.9. The molecule has 0 amide bonds. The van der Waals surface area contributed by atoms with Gasteiger partial charge in [0.2, 0.25) is 18.9 Å². The summed E-state index contributed by atoms with van der Waals surface area (Å²) in [6.45, 7) is -5.26. The summed E-state index contributed by atoms with van der Waals surface area (Å²) in [5.41, 5.74) is -1.10. The first-order chi connectivity index (χ1) is 44.9. The fourth-order valence-electron chi connectivity index (χ4n) is 10.7. The van der Waals surface area contributed by atoms with Gasteiger partial charge in [-0.3, -0.25) is 14.4 Å². The number of esters is 6. The van der Waals surface area contributed by atoms with Gasteiger partial charge < -0.3 is 143 Å². The number of carbonyl (C=O) groups is 6. The van der Waals surface area contributed by atoms with Gasteiger partial charge in [0, 0.05) is 40.9 Å². The van der Waals surface area contributed by atoms with Gasteiger partial charge in [-0.05, 0) is 29.8 Å². The molecule has 0 spiro atoms. The lowest BCUT2D eigenvalue weighted by atomic mass is 9.85. The Labute approximate surface area is 533 Å². The summed E-state index contributed by atoms with van der Waals surface area (Å²) in [7, 11) is 2.98. The molecule has 3 fully saturated rings. The van der Waals surface area contributed by atoms with E-state index in [1.54, 1.807) is 12.1 Å². The number of aliphatic hydroxyl groups excluding tert-OH is 13. The third-order valence-corrected chi connectivity index (χ3v) is 15.8. The molecule has 0 unspecified atom stereocenters. The third kappa shape index (κ3) is 17.9. The molecule has 0 radical (unpaired) electrons. The van der Waals surface area contributed by atoms with Crippen LogP contribution in [0.2, 0.25) is 0 Å². The Morgan fingerprint density at radius 2 is 0.755 bits per heavy atom. The average molecular weight is 1350 g/mol. The molecule has 94 heavy (non-hydrogen) atoms. The summed E-state index contributed by atoms with van der Waals surface area (Å²) < 4.78 is 82.9. The maximum atomic E-state index is 14.3. The molecular formula is C59H76O35. The van der Waals surface area contributed by atoms with Gasteiger partial charge in [0.1, 0.15) is 92.2 Å². The fraction of sp³-hybridized carbons (Fsp3) is 0.593. The zero-order chi connectivity index (χ0) is 68.7. The molecule has 21 atom stereocenters. The summed E-state index contributed by atoms with van der Waals surface area (Å²) in [6, 6.07) is 6.02. The van der Waals surface area contributed by atoms with Crippen molar-refractivity contribution in [3.05, 3.63) is 100 Å². The highest BCUT2D eigenvalue weighted by molar-refractivity contribution is 5.92. The van der Waals surface area contributed by atoms with Crippen LogP contribution in [0.15, 0.2) is 94.7 Å². The quantitative estimate of drug-likeness (QED) is 0.0233. The molecule has 0 bridgehead atoms. The molecule has 7 rings (SSSR count). The second-order valence-corrected chi connectivity index (χ2v) is 21.7. The van der Waals surface area contributed by atoms with Crippen LogP contribution in [0.3, 0.4) is 0 Å². The van der Waals surface area contributed by atoms with Crippen molar-refractivity contribution in [1.82, 2.24) is 0 Å². The number of phenols is 1. The van der Waals surface area contributed by atoms with Crippen LogP contribution in [-0.4, -0.2) is 286 Å².